The molecule has 0 radical (unpaired) electrons. The number of benzene rings is 2. The molecule has 1 unspecified atom stereocenters. The van der Waals surface area contributed by atoms with Crippen LogP contribution in [0.5, 0.6) is 0 Å². The van der Waals surface area contributed by atoms with Crippen LogP contribution in [0.3, 0.4) is 0 Å². The summed E-state index contributed by atoms with van der Waals surface area (Å²) in [7, 11) is 0. The quantitative estimate of drug-likeness (QED) is 0.0949. The van der Waals surface area contributed by atoms with E-state index in [1.807, 2.05) is 25.1 Å². The van der Waals surface area contributed by atoms with Crippen LogP contribution < -0.4 is 16.0 Å². The molecule has 0 spiro atoms. The topological polar surface area (TPSA) is 163 Å². The number of nitrogens with one attached hydrogen (secondary N) is 4. The van der Waals surface area contributed by atoms with Gasteiger partial charge in [-0.2, -0.15) is 23.4 Å². The highest BCUT2D eigenvalue weighted by molar-refractivity contribution is 6.01. The van der Waals surface area contributed by atoms with Crippen molar-refractivity contribution in [3.05, 3.63) is 107 Å². The van der Waals surface area contributed by atoms with E-state index in [4.69, 9.17) is 0 Å². The van der Waals surface area contributed by atoms with Crippen LogP contribution in [-0.4, -0.2) is 77.9 Å². The number of hydrogen-bond donors (Lipinski definition) is 4. The van der Waals surface area contributed by atoms with Gasteiger partial charge < -0.3 is 10.6 Å². The standard InChI is InChI=1S/C40H42F4N10O3/c1-23-16-27(8-10-32(23)54-22-28(18-47-54)36(56)46-20-33-49-38(52-51-33)39(2,3)40(42,43)44)25-6-4-24(5-7-25)21-53-14-12-26(13-15-53)35-30(41)17-29(19-45-35)48-31-9-11-34(55)50-37(31)57/h4-8,10,16-19,22,26,31,48H,9,11-15,20-21H2,1-3H3,(H,46,56)(H,49,51,52)(H,50,55,57). The summed E-state index contributed by atoms with van der Waals surface area (Å²) in [5.74, 6) is -1.91. The number of alkyl halides is 3. The molecule has 4 N–H and O–H groups in total. The second kappa shape index (κ2) is 15.9. The molecule has 2 fully saturated rings. The van der Waals surface area contributed by atoms with Crippen molar-refractivity contribution in [2.24, 2.45) is 0 Å². The van der Waals surface area contributed by atoms with Gasteiger partial charge in [0.25, 0.3) is 5.91 Å². The van der Waals surface area contributed by atoms with Crippen LogP contribution >= 0.6 is 0 Å². The molecule has 3 amide bonds. The Morgan fingerprint density at radius 1 is 0.982 bits per heavy atom. The fourth-order valence-corrected chi connectivity index (χ4v) is 7.00. The summed E-state index contributed by atoms with van der Waals surface area (Å²) in [6, 6.07) is 15.1. The largest absolute Gasteiger partial charge is 0.401 e. The minimum Gasteiger partial charge on any atom is -0.372 e. The van der Waals surface area contributed by atoms with Gasteiger partial charge in [-0.1, -0.05) is 30.3 Å². The second-order valence-electron chi connectivity index (χ2n) is 15.1. The van der Waals surface area contributed by atoms with E-state index in [0.717, 1.165) is 74.3 Å². The number of likely N-dealkylation sites (tertiary alicyclic amines) is 1. The number of aromatic amines is 1. The van der Waals surface area contributed by atoms with Gasteiger partial charge in [-0.15, -0.1) is 0 Å². The Bertz CT molecular complexity index is 2280. The lowest BCUT2D eigenvalue weighted by Crippen LogP contribution is -2.47. The molecule has 13 nitrogen and oxygen atoms in total. The van der Waals surface area contributed by atoms with E-state index in [1.165, 1.54) is 12.3 Å². The maximum atomic E-state index is 15.1. The van der Waals surface area contributed by atoms with E-state index in [-0.39, 0.29) is 36.2 Å². The molecular formula is C40H42F4N10O3. The van der Waals surface area contributed by atoms with E-state index in [1.54, 1.807) is 17.1 Å². The molecule has 2 aliphatic rings. The van der Waals surface area contributed by atoms with Crippen molar-refractivity contribution in [2.45, 2.75) is 83.1 Å². The number of piperidine rings is 2. The predicted molar refractivity (Wildman–Crippen MR) is 202 cm³/mol. The molecule has 7 rings (SSSR count). The number of nitrogens with zero attached hydrogens (tertiary/aromatic N) is 6. The molecule has 2 aromatic carbocycles. The fraction of sp³-hybridized carbons (Fsp3) is 0.375. The van der Waals surface area contributed by atoms with E-state index in [2.05, 4.69) is 70.4 Å². The first-order valence-electron chi connectivity index (χ1n) is 18.6. The van der Waals surface area contributed by atoms with E-state index in [0.29, 0.717) is 17.8 Å². The van der Waals surface area contributed by atoms with Crippen LogP contribution in [0, 0.1) is 12.7 Å². The molecule has 5 aromatic rings. The Balaban J connectivity index is 0.897. The summed E-state index contributed by atoms with van der Waals surface area (Å²) < 4.78 is 56.8. The maximum Gasteiger partial charge on any atom is 0.401 e. The lowest BCUT2D eigenvalue weighted by Gasteiger charge is -2.32. The Kier molecular flexibility index (Phi) is 10.9. The number of carbonyl (C=O) groups is 3. The van der Waals surface area contributed by atoms with Crippen LogP contribution in [0.4, 0.5) is 23.2 Å². The summed E-state index contributed by atoms with van der Waals surface area (Å²) in [6.07, 6.45) is 2.14. The third-order valence-electron chi connectivity index (χ3n) is 10.6. The van der Waals surface area contributed by atoms with Crippen molar-refractivity contribution < 1.29 is 31.9 Å². The highest BCUT2D eigenvalue weighted by Crippen LogP contribution is 2.38. The van der Waals surface area contributed by atoms with Crippen molar-refractivity contribution in [1.29, 1.82) is 0 Å². The molecule has 1 atom stereocenters. The molecule has 2 saturated heterocycles. The maximum absolute atomic E-state index is 15.1. The van der Waals surface area contributed by atoms with Crippen molar-refractivity contribution >= 4 is 23.4 Å². The smallest absolute Gasteiger partial charge is 0.372 e. The van der Waals surface area contributed by atoms with Gasteiger partial charge >= 0.3 is 6.18 Å². The number of anilines is 1. The number of amides is 3. The van der Waals surface area contributed by atoms with Crippen LogP contribution in [0.25, 0.3) is 16.8 Å². The van der Waals surface area contributed by atoms with Crippen molar-refractivity contribution in [2.75, 3.05) is 18.4 Å². The Morgan fingerprint density at radius 2 is 1.72 bits per heavy atom. The normalized spacial score (nSPS) is 17.1. The zero-order chi connectivity index (χ0) is 40.5. The van der Waals surface area contributed by atoms with Gasteiger partial charge in [0.15, 0.2) is 5.82 Å². The van der Waals surface area contributed by atoms with Crippen molar-refractivity contribution in [1.82, 2.24) is 45.5 Å². The van der Waals surface area contributed by atoms with Gasteiger partial charge in [-0.05, 0) is 87.5 Å². The van der Waals surface area contributed by atoms with Crippen molar-refractivity contribution in [3.8, 4) is 16.8 Å². The third-order valence-corrected chi connectivity index (χ3v) is 10.6. The summed E-state index contributed by atoms with van der Waals surface area (Å²) in [5.41, 5.74) is 3.80. The molecule has 0 aliphatic carbocycles. The van der Waals surface area contributed by atoms with Crippen LogP contribution in [-0.2, 0) is 28.1 Å². The van der Waals surface area contributed by atoms with Crippen LogP contribution in [0.15, 0.2) is 67.1 Å². The predicted octanol–water partition coefficient (Wildman–Crippen LogP) is 5.87. The van der Waals surface area contributed by atoms with Gasteiger partial charge in [0, 0.05) is 31.1 Å². The van der Waals surface area contributed by atoms with Crippen LogP contribution in [0.1, 0.15) is 84.3 Å². The Hall–Kier alpha value is -5.97. The van der Waals surface area contributed by atoms with E-state index in [9.17, 15) is 27.6 Å². The highest BCUT2D eigenvalue weighted by Gasteiger charge is 2.51. The zero-order valence-electron chi connectivity index (χ0n) is 31.6. The summed E-state index contributed by atoms with van der Waals surface area (Å²) in [5, 5.41) is 18.4. The monoisotopic (exact) mass is 786 g/mol. The number of H-pyrrole nitrogens is 1. The minimum absolute atomic E-state index is 0.00548. The van der Waals surface area contributed by atoms with Gasteiger partial charge in [0.05, 0.1) is 41.6 Å². The molecule has 57 heavy (non-hydrogen) atoms. The fourth-order valence-electron chi connectivity index (χ4n) is 7.00. The first-order chi connectivity index (χ1) is 27.1. The lowest BCUT2D eigenvalue weighted by atomic mass is 9.92. The number of aryl methyl sites for hydroxylation is 1. The summed E-state index contributed by atoms with van der Waals surface area (Å²) in [6.45, 7) is 6.16. The number of hydrogen-bond acceptors (Lipinski definition) is 9. The first-order valence-corrected chi connectivity index (χ1v) is 18.6. The number of carbonyl (C=O) groups excluding carboxylic acids is 3. The van der Waals surface area contributed by atoms with E-state index < -0.39 is 41.1 Å². The highest BCUT2D eigenvalue weighted by atomic mass is 19.4. The number of aromatic nitrogens is 6. The average Bonchev–Trinajstić information content (AvgIpc) is 3.87. The average molecular weight is 787 g/mol. The summed E-state index contributed by atoms with van der Waals surface area (Å²) in [4.78, 5) is 47.0. The third kappa shape index (κ3) is 8.72. The van der Waals surface area contributed by atoms with Gasteiger partial charge in [0.1, 0.15) is 23.1 Å². The van der Waals surface area contributed by atoms with Gasteiger partial charge in [-0.25, -0.2) is 14.1 Å². The van der Waals surface area contributed by atoms with Crippen LogP contribution in [0.2, 0.25) is 0 Å². The second-order valence-corrected chi connectivity index (χ2v) is 15.1. The van der Waals surface area contributed by atoms with E-state index >= 15 is 4.39 Å². The molecule has 0 saturated carbocycles. The Labute approximate surface area is 325 Å². The molecule has 3 aromatic heterocycles. The number of halogens is 4. The SMILES string of the molecule is Cc1cc(-c2ccc(CN3CCC(c4ncc(NC5CCC(=O)NC5=O)cc4F)CC3)cc2)ccc1-n1cc(C(=O)NCc2nc(C(C)(C)C(F)(F)F)n[nH]2)cn1. The molecule has 0 bridgehead atoms. The molecule has 298 valence electrons. The number of pyridine rings is 1. The van der Waals surface area contributed by atoms with Gasteiger partial charge in [-0.3, -0.25) is 34.7 Å². The zero-order valence-corrected chi connectivity index (χ0v) is 31.6. The number of rotatable bonds is 11. The van der Waals surface area contributed by atoms with Gasteiger partial charge in [0.2, 0.25) is 11.8 Å². The molecular weight excluding hydrogens is 744 g/mol. The molecule has 17 heteroatoms. The Morgan fingerprint density at radius 3 is 2.40 bits per heavy atom. The first kappa shape index (κ1) is 39.3. The summed E-state index contributed by atoms with van der Waals surface area (Å²) >= 11 is 0. The molecule has 2 aliphatic heterocycles. The number of imide groups is 1. The van der Waals surface area contributed by atoms with Crippen molar-refractivity contribution in [3.63, 3.8) is 0 Å². The minimum atomic E-state index is -4.53. The molecule has 5 heterocycles. The lowest BCUT2D eigenvalue weighted by molar-refractivity contribution is -0.182.